The minimum absolute atomic E-state index is 0.0784. The highest BCUT2D eigenvalue weighted by Crippen LogP contribution is 2.27. The van der Waals surface area contributed by atoms with E-state index < -0.39 is 0 Å². The second kappa shape index (κ2) is 4.44. The van der Waals surface area contributed by atoms with Crippen molar-refractivity contribution in [3.05, 3.63) is 63.8 Å². The van der Waals surface area contributed by atoms with Crippen LogP contribution >= 0.6 is 11.6 Å². The average Bonchev–Trinajstić information content (AvgIpc) is 2.42. The van der Waals surface area contributed by atoms with Gasteiger partial charge in [-0.1, -0.05) is 23.7 Å². The lowest BCUT2D eigenvalue weighted by Gasteiger charge is -2.05. The topological polar surface area (TPSA) is 56.2 Å². The first-order valence-corrected chi connectivity index (χ1v) is 6.11. The molecule has 0 aliphatic rings. The van der Waals surface area contributed by atoms with Crippen LogP contribution in [-0.2, 0) is 0 Å². The summed E-state index contributed by atoms with van der Waals surface area (Å²) in [7, 11) is 0. The quantitative estimate of drug-likeness (QED) is 0.687. The van der Waals surface area contributed by atoms with Crippen LogP contribution in [0.15, 0.2) is 57.7 Å². The van der Waals surface area contributed by atoms with E-state index in [-0.39, 0.29) is 5.43 Å². The Hall–Kier alpha value is -2.26. The number of nitrogen functional groups attached to an aromatic ring is 1. The zero-order valence-electron chi connectivity index (χ0n) is 9.89. The zero-order valence-corrected chi connectivity index (χ0v) is 10.6. The number of fused-ring (bicyclic) bond motifs is 1. The average molecular weight is 272 g/mol. The molecular formula is C15H10ClNO2. The Morgan fingerprint density at radius 2 is 1.84 bits per heavy atom. The van der Waals surface area contributed by atoms with Crippen molar-refractivity contribution in [2.45, 2.75) is 0 Å². The van der Waals surface area contributed by atoms with E-state index in [9.17, 15) is 4.79 Å². The van der Waals surface area contributed by atoms with Gasteiger partial charge in [0.25, 0.3) is 0 Å². The van der Waals surface area contributed by atoms with Crippen molar-refractivity contribution in [3.8, 4) is 11.3 Å². The molecule has 1 aromatic heterocycles. The van der Waals surface area contributed by atoms with E-state index in [4.69, 9.17) is 21.8 Å². The monoisotopic (exact) mass is 271 g/mol. The van der Waals surface area contributed by atoms with Gasteiger partial charge in [0.05, 0.1) is 16.1 Å². The van der Waals surface area contributed by atoms with Gasteiger partial charge in [-0.3, -0.25) is 4.79 Å². The summed E-state index contributed by atoms with van der Waals surface area (Å²) >= 11 is 5.88. The van der Waals surface area contributed by atoms with E-state index in [2.05, 4.69) is 0 Å². The molecule has 0 aliphatic heterocycles. The van der Waals surface area contributed by atoms with Crippen LogP contribution < -0.4 is 11.2 Å². The van der Waals surface area contributed by atoms with Gasteiger partial charge >= 0.3 is 0 Å². The molecule has 0 aliphatic carbocycles. The predicted octanol–water partition coefficient (Wildman–Crippen LogP) is 3.70. The predicted molar refractivity (Wildman–Crippen MR) is 77.3 cm³/mol. The Labute approximate surface area is 114 Å². The van der Waals surface area contributed by atoms with Crippen molar-refractivity contribution in [3.63, 3.8) is 0 Å². The van der Waals surface area contributed by atoms with Gasteiger partial charge < -0.3 is 10.2 Å². The molecule has 0 radical (unpaired) electrons. The van der Waals surface area contributed by atoms with Crippen LogP contribution in [0.2, 0.25) is 5.02 Å². The van der Waals surface area contributed by atoms with Gasteiger partial charge in [-0.15, -0.1) is 0 Å². The summed E-state index contributed by atoms with van der Waals surface area (Å²) in [6, 6.07) is 13.7. The Balaban J connectivity index is 2.25. The van der Waals surface area contributed by atoms with Crippen LogP contribution in [0.5, 0.6) is 0 Å². The number of hydrogen-bond acceptors (Lipinski definition) is 3. The Kier molecular flexibility index (Phi) is 2.76. The third-order valence-electron chi connectivity index (χ3n) is 2.92. The molecule has 0 fully saturated rings. The van der Waals surface area contributed by atoms with Crippen LogP contribution in [0, 0.1) is 0 Å². The summed E-state index contributed by atoms with van der Waals surface area (Å²) in [5.41, 5.74) is 7.41. The molecule has 3 nitrogen and oxygen atoms in total. The van der Waals surface area contributed by atoms with Crippen molar-refractivity contribution in [2.75, 3.05) is 5.73 Å². The van der Waals surface area contributed by atoms with Gasteiger partial charge in [0.15, 0.2) is 5.43 Å². The maximum absolute atomic E-state index is 12.0. The number of anilines is 1. The normalized spacial score (nSPS) is 10.8. The molecule has 0 saturated heterocycles. The first kappa shape index (κ1) is 11.8. The molecule has 2 aromatic carbocycles. The van der Waals surface area contributed by atoms with Crippen molar-refractivity contribution < 1.29 is 4.42 Å². The van der Waals surface area contributed by atoms with Gasteiger partial charge in [0, 0.05) is 11.6 Å². The molecule has 1 heterocycles. The molecule has 3 rings (SSSR count). The summed E-state index contributed by atoms with van der Waals surface area (Å²) in [6.45, 7) is 0. The van der Waals surface area contributed by atoms with Gasteiger partial charge in [-0.25, -0.2) is 0 Å². The lowest BCUT2D eigenvalue weighted by molar-refractivity contribution is 0.619. The fraction of sp³-hybridized carbons (Fsp3) is 0. The number of rotatable bonds is 1. The standard InChI is InChI=1S/C15H10ClNO2/c16-11-6-5-9(7-12(11)17)15-8-13(18)10-3-1-2-4-14(10)19-15/h1-8H,17H2. The Bertz CT molecular complexity index is 824. The van der Waals surface area contributed by atoms with Gasteiger partial charge in [0.2, 0.25) is 0 Å². The molecule has 0 spiro atoms. The molecule has 0 saturated carbocycles. The van der Waals surface area contributed by atoms with E-state index in [0.29, 0.717) is 27.4 Å². The number of nitrogens with two attached hydrogens (primary N) is 1. The number of hydrogen-bond donors (Lipinski definition) is 1. The second-order valence-corrected chi connectivity index (χ2v) is 4.61. The summed E-state index contributed by atoms with van der Waals surface area (Å²) < 4.78 is 5.72. The molecule has 0 atom stereocenters. The minimum Gasteiger partial charge on any atom is -0.456 e. The maximum atomic E-state index is 12.0. The highest BCUT2D eigenvalue weighted by atomic mass is 35.5. The SMILES string of the molecule is Nc1cc(-c2cc(=O)c3ccccc3o2)ccc1Cl. The minimum atomic E-state index is -0.0784. The number of benzene rings is 2. The number of para-hydroxylation sites is 1. The molecule has 3 aromatic rings. The highest BCUT2D eigenvalue weighted by molar-refractivity contribution is 6.33. The van der Waals surface area contributed by atoms with Crippen molar-refractivity contribution in [2.24, 2.45) is 0 Å². The lowest BCUT2D eigenvalue weighted by Crippen LogP contribution is -2.00. The molecule has 0 bridgehead atoms. The second-order valence-electron chi connectivity index (χ2n) is 4.21. The fourth-order valence-corrected chi connectivity index (χ4v) is 2.06. The zero-order chi connectivity index (χ0) is 13.4. The third kappa shape index (κ3) is 2.09. The maximum Gasteiger partial charge on any atom is 0.193 e. The van der Waals surface area contributed by atoms with Crippen molar-refractivity contribution in [1.29, 1.82) is 0 Å². The van der Waals surface area contributed by atoms with Gasteiger partial charge in [-0.05, 0) is 30.3 Å². The summed E-state index contributed by atoms with van der Waals surface area (Å²) in [4.78, 5) is 12.0. The first-order chi connectivity index (χ1) is 9.15. The molecule has 0 amide bonds. The lowest BCUT2D eigenvalue weighted by atomic mass is 10.1. The Morgan fingerprint density at radius 1 is 1.05 bits per heavy atom. The fourth-order valence-electron chi connectivity index (χ4n) is 1.94. The van der Waals surface area contributed by atoms with Crippen molar-refractivity contribution in [1.82, 2.24) is 0 Å². The molecule has 2 N–H and O–H groups in total. The summed E-state index contributed by atoms with van der Waals surface area (Å²) in [5.74, 6) is 0.479. The van der Waals surface area contributed by atoms with Crippen LogP contribution in [0.3, 0.4) is 0 Å². The molecule has 94 valence electrons. The van der Waals surface area contributed by atoms with Gasteiger partial charge in [-0.2, -0.15) is 0 Å². The largest absolute Gasteiger partial charge is 0.456 e. The van der Waals surface area contributed by atoms with Crippen LogP contribution in [0.1, 0.15) is 0 Å². The first-order valence-electron chi connectivity index (χ1n) is 5.73. The van der Waals surface area contributed by atoms with E-state index >= 15 is 0 Å². The Morgan fingerprint density at radius 3 is 2.63 bits per heavy atom. The van der Waals surface area contributed by atoms with Crippen LogP contribution in [-0.4, -0.2) is 0 Å². The highest BCUT2D eigenvalue weighted by Gasteiger charge is 2.07. The third-order valence-corrected chi connectivity index (χ3v) is 3.26. The van der Waals surface area contributed by atoms with Crippen LogP contribution in [0.4, 0.5) is 5.69 Å². The van der Waals surface area contributed by atoms with E-state index in [0.717, 1.165) is 5.56 Å². The van der Waals surface area contributed by atoms with Crippen molar-refractivity contribution >= 4 is 28.3 Å². The summed E-state index contributed by atoms with van der Waals surface area (Å²) in [5, 5.41) is 1.04. The van der Waals surface area contributed by atoms with E-state index in [1.807, 2.05) is 6.07 Å². The van der Waals surface area contributed by atoms with E-state index in [1.165, 1.54) is 6.07 Å². The number of halogens is 1. The smallest absolute Gasteiger partial charge is 0.193 e. The van der Waals surface area contributed by atoms with E-state index in [1.54, 1.807) is 36.4 Å². The molecule has 0 unspecified atom stereocenters. The molecular weight excluding hydrogens is 262 g/mol. The van der Waals surface area contributed by atoms with Gasteiger partial charge in [0.1, 0.15) is 11.3 Å². The summed E-state index contributed by atoms with van der Waals surface area (Å²) in [6.07, 6.45) is 0. The van der Waals surface area contributed by atoms with Crippen LogP contribution in [0.25, 0.3) is 22.3 Å². The molecule has 19 heavy (non-hydrogen) atoms. The molecule has 4 heteroatoms.